The smallest absolute Gasteiger partial charge is 0.242 e. The summed E-state index contributed by atoms with van der Waals surface area (Å²) in [5.41, 5.74) is 8.63. The van der Waals surface area contributed by atoms with Crippen LogP contribution in [-0.4, -0.2) is 17.7 Å². The molecule has 3 aromatic rings. The maximum atomic E-state index is 12.9. The highest BCUT2D eigenvalue weighted by Crippen LogP contribution is 2.29. The lowest BCUT2D eigenvalue weighted by atomic mass is 10.00. The lowest BCUT2D eigenvalue weighted by Gasteiger charge is -2.14. The Bertz CT molecular complexity index is 1040. The quantitative estimate of drug-likeness (QED) is 0.558. The SMILES string of the molecule is O=C(c1ccccc1)c1ccccc1NC(=O)C1CC(c2ccccc2Cl)NN1. The molecule has 1 saturated heterocycles. The van der Waals surface area contributed by atoms with Crippen LogP contribution in [0.3, 0.4) is 0 Å². The van der Waals surface area contributed by atoms with Crippen LogP contribution in [0.4, 0.5) is 5.69 Å². The van der Waals surface area contributed by atoms with Crippen molar-refractivity contribution in [1.29, 1.82) is 0 Å². The van der Waals surface area contributed by atoms with Gasteiger partial charge in [-0.2, -0.15) is 0 Å². The summed E-state index contributed by atoms with van der Waals surface area (Å²) in [6.07, 6.45) is 0.546. The van der Waals surface area contributed by atoms with Crippen molar-refractivity contribution < 1.29 is 9.59 Å². The number of carbonyl (C=O) groups excluding carboxylic acids is 2. The summed E-state index contributed by atoms with van der Waals surface area (Å²) in [5, 5.41) is 3.55. The minimum atomic E-state index is -0.448. The maximum Gasteiger partial charge on any atom is 0.242 e. The predicted molar refractivity (Wildman–Crippen MR) is 114 cm³/mol. The average Bonchev–Trinajstić information content (AvgIpc) is 3.25. The lowest BCUT2D eigenvalue weighted by molar-refractivity contribution is -0.117. The first-order valence-electron chi connectivity index (χ1n) is 9.38. The Hall–Kier alpha value is -2.99. The number of hydrazine groups is 1. The Morgan fingerprint density at radius 1 is 0.862 bits per heavy atom. The summed E-state index contributed by atoms with van der Waals surface area (Å²) in [4.78, 5) is 25.7. The summed E-state index contributed by atoms with van der Waals surface area (Å²) < 4.78 is 0. The van der Waals surface area contributed by atoms with E-state index in [9.17, 15) is 9.59 Å². The standard InChI is InChI=1S/C23H20ClN3O2/c24-18-12-6-4-10-16(18)20-14-21(27-26-20)23(29)25-19-13-7-5-11-17(19)22(28)15-8-2-1-3-9-15/h1-13,20-21,26-27H,14H2,(H,25,29). The molecule has 0 bridgehead atoms. The molecular weight excluding hydrogens is 386 g/mol. The number of para-hydroxylation sites is 1. The Labute approximate surface area is 174 Å². The van der Waals surface area contributed by atoms with E-state index in [4.69, 9.17) is 11.6 Å². The number of benzene rings is 3. The van der Waals surface area contributed by atoms with E-state index in [1.807, 2.05) is 42.5 Å². The number of hydrogen-bond donors (Lipinski definition) is 3. The van der Waals surface area contributed by atoms with Crippen molar-refractivity contribution in [3.8, 4) is 0 Å². The van der Waals surface area contributed by atoms with E-state index in [0.29, 0.717) is 28.3 Å². The van der Waals surface area contributed by atoms with Crippen LogP contribution in [0.25, 0.3) is 0 Å². The van der Waals surface area contributed by atoms with E-state index < -0.39 is 6.04 Å². The summed E-state index contributed by atoms with van der Waals surface area (Å²) in [6.45, 7) is 0. The molecule has 2 unspecified atom stereocenters. The van der Waals surface area contributed by atoms with Crippen molar-refractivity contribution in [3.63, 3.8) is 0 Å². The molecule has 146 valence electrons. The molecule has 2 atom stereocenters. The number of halogens is 1. The third kappa shape index (κ3) is 4.22. The third-order valence-electron chi connectivity index (χ3n) is 4.97. The van der Waals surface area contributed by atoms with Gasteiger partial charge in [-0.05, 0) is 30.2 Å². The maximum absolute atomic E-state index is 12.9. The van der Waals surface area contributed by atoms with Gasteiger partial charge in [-0.15, -0.1) is 0 Å². The fourth-order valence-corrected chi connectivity index (χ4v) is 3.71. The second-order valence-electron chi connectivity index (χ2n) is 6.88. The van der Waals surface area contributed by atoms with E-state index in [2.05, 4.69) is 16.2 Å². The zero-order chi connectivity index (χ0) is 20.2. The van der Waals surface area contributed by atoms with Gasteiger partial charge in [-0.3, -0.25) is 9.59 Å². The van der Waals surface area contributed by atoms with Gasteiger partial charge < -0.3 is 5.32 Å². The van der Waals surface area contributed by atoms with Crippen molar-refractivity contribution in [2.45, 2.75) is 18.5 Å². The van der Waals surface area contributed by atoms with Crippen molar-refractivity contribution in [1.82, 2.24) is 10.9 Å². The Morgan fingerprint density at radius 2 is 1.55 bits per heavy atom. The van der Waals surface area contributed by atoms with E-state index >= 15 is 0 Å². The number of hydrogen-bond acceptors (Lipinski definition) is 4. The largest absolute Gasteiger partial charge is 0.324 e. The molecule has 0 aliphatic carbocycles. The molecule has 0 spiro atoms. The van der Waals surface area contributed by atoms with Gasteiger partial charge in [-0.25, -0.2) is 10.9 Å². The number of anilines is 1. The molecule has 1 heterocycles. The van der Waals surface area contributed by atoms with Crippen molar-refractivity contribution in [2.75, 3.05) is 5.32 Å². The highest BCUT2D eigenvalue weighted by molar-refractivity contribution is 6.31. The zero-order valence-corrected chi connectivity index (χ0v) is 16.3. The normalized spacial score (nSPS) is 18.4. The van der Waals surface area contributed by atoms with Gasteiger partial charge in [0.25, 0.3) is 0 Å². The minimum Gasteiger partial charge on any atom is -0.324 e. The Balaban J connectivity index is 1.49. The van der Waals surface area contributed by atoms with Crippen molar-refractivity contribution >= 4 is 29.0 Å². The van der Waals surface area contributed by atoms with Gasteiger partial charge in [-0.1, -0.05) is 72.3 Å². The molecule has 1 amide bonds. The molecular formula is C23H20ClN3O2. The molecule has 1 aliphatic rings. The van der Waals surface area contributed by atoms with Crippen LogP contribution in [0.5, 0.6) is 0 Å². The van der Waals surface area contributed by atoms with Crippen LogP contribution in [0.1, 0.15) is 33.9 Å². The van der Waals surface area contributed by atoms with Gasteiger partial charge in [0.1, 0.15) is 6.04 Å². The summed E-state index contributed by atoms with van der Waals surface area (Å²) >= 11 is 6.27. The van der Waals surface area contributed by atoms with Crippen LogP contribution in [0, 0.1) is 0 Å². The molecule has 1 aliphatic heterocycles. The van der Waals surface area contributed by atoms with Crippen LogP contribution >= 0.6 is 11.6 Å². The first kappa shape index (κ1) is 19.3. The predicted octanol–water partition coefficient (Wildman–Crippen LogP) is 4.12. The van der Waals surface area contributed by atoms with Crippen molar-refractivity contribution in [3.05, 3.63) is 101 Å². The highest BCUT2D eigenvalue weighted by Gasteiger charge is 2.31. The van der Waals surface area contributed by atoms with E-state index in [-0.39, 0.29) is 17.7 Å². The van der Waals surface area contributed by atoms with Gasteiger partial charge in [0.15, 0.2) is 5.78 Å². The monoisotopic (exact) mass is 405 g/mol. The molecule has 3 aromatic carbocycles. The number of rotatable bonds is 5. The van der Waals surface area contributed by atoms with Gasteiger partial charge in [0.2, 0.25) is 5.91 Å². The molecule has 29 heavy (non-hydrogen) atoms. The topological polar surface area (TPSA) is 70.2 Å². The molecule has 3 N–H and O–H groups in total. The van der Waals surface area contributed by atoms with Crippen LogP contribution in [0.2, 0.25) is 5.02 Å². The van der Waals surface area contributed by atoms with E-state index in [1.54, 1.807) is 36.4 Å². The van der Waals surface area contributed by atoms with Crippen LogP contribution in [-0.2, 0) is 4.79 Å². The fraction of sp³-hybridized carbons (Fsp3) is 0.130. The molecule has 0 saturated carbocycles. The van der Waals surface area contributed by atoms with Crippen LogP contribution in [0.15, 0.2) is 78.9 Å². The molecule has 0 radical (unpaired) electrons. The molecule has 1 fully saturated rings. The van der Waals surface area contributed by atoms with Gasteiger partial charge >= 0.3 is 0 Å². The average molecular weight is 406 g/mol. The first-order valence-corrected chi connectivity index (χ1v) is 9.76. The van der Waals surface area contributed by atoms with Crippen LogP contribution < -0.4 is 16.2 Å². The molecule has 5 nitrogen and oxygen atoms in total. The molecule has 0 aromatic heterocycles. The second kappa shape index (κ2) is 8.57. The third-order valence-corrected chi connectivity index (χ3v) is 5.31. The second-order valence-corrected chi connectivity index (χ2v) is 7.29. The molecule has 6 heteroatoms. The summed E-state index contributed by atoms with van der Waals surface area (Å²) in [5.74, 6) is -0.340. The summed E-state index contributed by atoms with van der Waals surface area (Å²) in [7, 11) is 0. The zero-order valence-electron chi connectivity index (χ0n) is 15.6. The molecule has 4 rings (SSSR count). The van der Waals surface area contributed by atoms with E-state index in [0.717, 1.165) is 5.56 Å². The van der Waals surface area contributed by atoms with Gasteiger partial charge in [0, 0.05) is 22.2 Å². The van der Waals surface area contributed by atoms with Gasteiger partial charge in [0.05, 0.1) is 5.69 Å². The first-order chi connectivity index (χ1) is 14.1. The summed E-state index contributed by atoms with van der Waals surface area (Å²) in [6, 6.07) is 23.1. The Kier molecular flexibility index (Phi) is 5.71. The highest BCUT2D eigenvalue weighted by atomic mass is 35.5. The number of amides is 1. The number of ketones is 1. The van der Waals surface area contributed by atoms with Crippen molar-refractivity contribution in [2.24, 2.45) is 0 Å². The number of carbonyl (C=O) groups is 2. The lowest BCUT2D eigenvalue weighted by Crippen LogP contribution is -2.39. The Morgan fingerprint density at radius 3 is 2.34 bits per heavy atom. The fourth-order valence-electron chi connectivity index (χ4n) is 3.44. The minimum absolute atomic E-state index is 0.0688. The number of nitrogens with one attached hydrogen (secondary N) is 3. The van der Waals surface area contributed by atoms with E-state index in [1.165, 1.54) is 0 Å².